The minimum Gasteiger partial charge on any atom is -0.486 e. The minimum atomic E-state index is 0.186. The molecule has 2 heterocycles. The lowest BCUT2D eigenvalue weighted by Crippen LogP contribution is -2.29. The fourth-order valence-electron chi connectivity index (χ4n) is 2.82. The molecule has 0 spiro atoms. The normalized spacial score (nSPS) is 14.1. The lowest BCUT2D eigenvalue weighted by molar-refractivity contribution is -0.127. The smallest absolute Gasteiger partial charge is 0.233 e. The third-order valence-corrected chi connectivity index (χ3v) is 5.23. The zero-order chi connectivity index (χ0) is 17.6. The largest absolute Gasteiger partial charge is 0.486 e. The number of carbonyl (C=O) groups excluding carboxylic acids is 1. The fraction of sp³-hybridized carbons (Fsp3) is 0.500. The van der Waals surface area contributed by atoms with Gasteiger partial charge in [-0.1, -0.05) is 29.5 Å². The van der Waals surface area contributed by atoms with Gasteiger partial charge in [0.2, 0.25) is 5.91 Å². The second-order valence-electron chi connectivity index (χ2n) is 6.12. The number of aryl methyl sites for hydroxylation is 1. The highest BCUT2D eigenvalue weighted by Crippen LogP contribution is 2.20. The van der Waals surface area contributed by atoms with E-state index in [4.69, 9.17) is 4.74 Å². The Morgan fingerprint density at radius 3 is 2.60 bits per heavy atom. The van der Waals surface area contributed by atoms with Crippen molar-refractivity contribution in [3.05, 3.63) is 35.7 Å². The number of hydrogen-bond donors (Lipinski definition) is 0. The molecule has 0 atom stereocenters. The zero-order valence-electron chi connectivity index (χ0n) is 14.8. The quantitative estimate of drug-likeness (QED) is 0.711. The van der Waals surface area contributed by atoms with Gasteiger partial charge >= 0.3 is 0 Å². The van der Waals surface area contributed by atoms with E-state index in [-0.39, 0.29) is 5.91 Å². The predicted octanol–water partition coefficient (Wildman–Crippen LogP) is 2.90. The van der Waals surface area contributed by atoms with Gasteiger partial charge in [0.05, 0.1) is 5.75 Å². The lowest BCUT2D eigenvalue weighted by Gasteiger charge is -2.14. The summed E-state index contributed by atoms with van der Waals surface area (Å²) in [7, 11) is 0. The van der Waals surface area contributed by atoms with Crippen LogP contribution in [0.2, 0.25) is 0 Å². The van der Waals surface area contributed by atoms with Gasteiger partial charge in [-0.2, -0.15) is 0 Å². The molecule has 3 rings (SSSR count). The molecule has 1 aromatic carbocycles. The Morgan fingerprint density at radius 1 is 1.20 bits per heavy atom. The standard InChI is InChI=1S/C18H24N4O2S/c1-3-22-16(12-24-15-8-6-14(2)7-9-15)19-20-18(22)25-13-17(23)21-10-4-5-11-21/h6-9H,3-5,10-13H2,1-2H3. The zero-order valence-corrected chi connectivity index (χ0v) is 15.6. The van der Waals surface area contributed by atoms with Crippen LogP contribution in [0.15, 0.2) is 29.4 Å². The molecular formula is C18H24N4O2S. The molecule has 0 radical (unpaired) electrons. The Hall–Kier alpha value is -2.02. The Labute approximate surface area is 152 Å². The van der Waals surface area contributed by atoms with Crippen molar-refractivity contribution < 1.29 is 9.53 Å². The number of benzene rings is 1. The summed E-state index contributed by atoms with van der Waals surface area (Å²) in [5, 5.41) is 9.25. The van der Waals surface area contributed by atoms with Crippen LogP contribution in [-0.4, -0.2) is 44.4 Å². The number of nitrogens with zero attached hydrogens (tertiary/aromatic N) is 4. The van der Waals surface area contributed by atoms with Crippen LogP contribution in [0.1, 0.15) is 31.2 Å². The van der Waals surface area contributed by atoms with Crippen LogP contribution in [0, 0.1) is 6.92 Å². The van der Waals surface area contributed by atoms with E-state index in [1.165, 1.54) is 17.3 Å². The molecule has 0 aliphatic carbocycles. The summed E-state index contributed by atoms with van der Waals surface area (Å²) in [5.41, 5.74) is 1.20. The van der Waals surface area contributed by atoms with E-state index in [0.717, 1.165) is 49.2 Å². The van der Waals surface area contributed by atoms with Gasteiger partial charge in [-0.3, -0.25) is 4.79 Å². The molecule has 7 heteroatoms. The van der Waals surface area contributed by atoms with Crippen LogP contribution in [0.5, 0.6) is 5.75 Å². The van der Waals surface area contributed by atoms with Crippen LogP contribution in [0.25, 0.3) is 0 Å². The summed E-state index contributed by atoms with van der Waals surface area (Å²) < 4.78 is 7.81. The molecule has 0 N–H and O–H groups in total. The molecule has 1 fully saturated rings. The van der Waals surface area contributed by atoms with E-state index >= 15 is 0 Å². The maximum absolute atomic E-state index is 12.2. The molecule has 1 aliphatic rings. The van der Waals surface area contributed by atoms with E-state index in [2.05, 4.69) is 10.2 Å². The van der Waals surface area contributed by atoms with Gasteiger partial charge in [-0.15, -0.1) is 10.2 Å². The molecule has 134 valence electrons. The number of ether oxygens (including phenoxy) is 1. The van der Waals surface area contributed by atoms with Gasteiger partial charge in [0.1, 0.15) is 12.4 Å². The number of likely N-dealkylation sites (tertiary alicyclic amines) is 1. The molecule has 1 amide bonds. The summed E-state index contributed by atoms with van der Waals surface area (Å²) in [6.45, 7) is 6.98. The molecule has 0 saturated carbocycles. The average molecular weight is 360 g/mol. The van der Waals surface area contributed by atoms with Crippen LogP contribution in [-0.2, 0) is 17.9 Å². The molecule has 1 aliphatic heterocycles. The second-order valence-corrected chi connectivity index (χ2v) is 7.06. The van der Waals surface area contributed by atoms with Crippen LogP contribution < -0.4 is 4.74 Å². The van der Waals surface area contributed by atoms with E-state index in [1.54, 1.807) is 0 Å². The highest BCUT2D eigenvalue weighted by molar-refractivity contribution is 7.99. The third-order valence-electron chi connectivity index (χ3n) is 4.28. The molecule has 0 bridgehead atoms. The van der Waals surface area contributed by atoms with Gasteiger partial charge in [0.25, 0.3) is 0 Å². The van der Waals surface area contributed by atoms with E-state index in [9.17, 15) is 4.79 Å². The molecule has 1 aromatic heterocycles. The SMILES string of the molecule is CCn1c(COc2ccc(C)cc2)nnc1SCC(=O)N1CCCC1. The summed E-state index contributed by atoms with van der Waals surface area (Å²) in [5.74, 6) is 2.19. The van der Waals surface area contributed by atoms with E-state index < -0.39 is 0 Å². The predicted molar refractivity (Wildman–Crippen MR) is 97.7 cm³/mol. The highest BCUT2D eigenvalue weighted by Gasteiger charge is 2.19. The Kier molecular flexibility index (Phi) is 5.96. The van der Waals surface area contributed by atoms with Crippen molar-refractivity contribution in [1.29, 1.82) is 0 Å². The van der Waals surface area contributed by atoms with Gasteiger partial charge in [-0.25, -0.2) is 0 Å². The Bertz CT molecular complexity index is 708. The number of amides is 1. The first-order valence-electron chi connectivity index (χ1n) is 8.69. The summed E-state index contributed by atoms with van der Waals surface area (Å²) in [4.78, 5) is 14.1. The van der Waals surface area contributed by atoms with Crippen LogP contribution in [0.4, 0.5) is 0 Å². The number of rotatable bonds is 7. The van der Waals surface area contributed by atoms with Crippen molar-refractivity contribution in [2.75, 3.05) is 18.8 Å². The first-order valence-corrected chi connectivity index (χ1v) is 9.68. The molecule has 25 heavy (non-hydrogen) atoms. The number of carbonyl (C=O) groups is 1. The minimum absolute atomic E-state index is 0.186. The summed E-state index contributed by atoms with van der Waals surface area (Å²) >= 11 is 1.45. The maximum Gasteiger partial charge on any atom is 0.233 e. The number of aromatic nitrogens is 3. The van der Waals surface area contributed by atoms with Gasteiger partial charge in [0.15, 0.2) is 11.0 Å². The molecule has 2 aromatic rings. The first-order chi connectivity index (χ1) is 12.2. The first kappa shape index (κ1) is 17.8. The average Bonchev–Trinajstić information content (AvgIpc) is 3.29. The molecular weight excluding hydrogens is 336 g/mol. The van der Waals surface area contributed by atoms with Crippen molar-refractivity contribution in [2.24, 2.45) is 0 Å². The van der Waals surface area contributed by atoms with Gasteiger partial charge in [-0.05, 0) is 38.8 Å². The monoisotopic (exact) mass is 360 g/mol. The van der Waals surface area contributed by atoms with Crippen LogP contribution in [0.3, 0.4) is 0 Å². The Morgan fingerprint density at radius 2 is 1.92 bits per heavy atom. The van der Waals surface area contributed by atoms with Gasteiger partial charge < -0.3 is 14.2 Å². The van der Waals surface area contributed by atoms with E-state index in [1.807, 2.05) is 47.6 Å². The fourth-order valence-corrected chi connectivity index (χ4v) is 3.74. The highest BCUT2D eigenvalue weighted by atomic mass is 32.2. The van der Waals surface area contributed by atoms with Crippen molar-refractivity contribution in [3.8, 4) is 5.75 Å². The third kappa shape index (κ3) is 4.54. The second kappa shape index (κ2) is 8.38. The van der Waals surface area contributed by atoms with Crippen molar-refractivity contribution in [1.82, 2.24) is 19.7 Å². The maximum atomic E-state index is 12.2. The van der Waals surface area contributed by atoms with Gasteiger partial charge in [0, 0.05) is 19.6 Å². The summed E-state index contributed by atoms with van der Waals surface area (Å²) in [6, 6.07) is 7.94. The Balaban J connectivity index is 1.58. The lowest BCUT2D eigenvalue weighted by atomic mass is 10.2. The van der Waals surface area contributed by atoms with Crippen molar-refractivity contribution in [3.63, 3.8) is 0 Å². The number of hydrogen-bond acceptors (Lipinski definition) is 5. The molecule has 1 saturated heterocycles. The van der Waals surface area contributed by atoms with E-state index in [0.29, 0.717) is 12.4 Å². The van der Waals surface area contributed by atoms with Crippen molar-refractivity contribution >= 4 is 17.7 Å². The van der Waals surface area contributed by atoms with Crippen molar-refractivity contribution in [2.45, 2.75) is 45.0 Å². The summed E-state index contributed by atoms with van der Waals surface area (Å²) in [6.07, 6.45) is 2.23. The molecule has 6 nitrogen and oxygen atoms in total. The molecule has 0 unspecified atom stereocenters. The topological polar surface area (TPSA) is 60.2 Å². The van der Waals surface area contributed by atoms with Crippen LogP contribution >= 0.6 is 11.8 Å². The number of thioether (sulfide) groups is 1.